The van der Waals surface area contributed by atoms with Crippen LogP contribution in [0.4, 0.5) is 0 Å². The van der Waals surface area contributed by atoms with Crippen molar-refractivity contribution in [3.05, 3.63) is 0 Å². The summed E-state index contributed by atoms with van der Waals surface area (Å²) >= 11 is 0. The van der Waals surface area contributed by atoms with E-state index in [4.69, 9.17) is 4.74 Å². The summed E-state index contributed by atoms with van der Waals surface area (Å²) in [4.78, 5) is 16.9. The third-order valence-corrected chi connectivity index (χ3v) is 4.16. The van der Waals surface area contributed by atoms with Crippen molar-refractivity contribution in [1.82, 2.24) is 15.1 Å². The molecule has 21 heavy (non-hydrogen) atoms. The molecule has 1 aliphatic heterocycles. The summed E-state index contributed by atoms with van der Waals surface area (Å²) in [5.74, 6) is 0.645. The van der Waals surface area contributed by atoms with Gasteiger partial charge in [-0.05, 0) is 66.3 Å². The fourth-order valence-corrected chi connectivity index (χ4v) is 3.16. The maximum absolute atomic E-state index is 12.2. The molecule has 5 nitrogen and oxygen atoms in total. The molecule has 1 aliphatic rings. The molecular formula is C16H33N3O2. The average Bonchev–Trinajstić information content (AvgIpc) is 2.41. The van der Waals surface area contributed by atoms with Crippen molar-refractivity contribution in [3.63, 3.8) is 0 Å². The Morgan fingerprint density at radius 3 is 2.43 bits per heavy atom. The molecule has 0 radical (unpaired) electrons. The molecule has 1 heterocycles. The first-order valence-corrected chi connectivity index (χ1v) is 8.20. The molecule has 0 aliphatic carbocycles. The largest absolute Gasteiger partial charge is 0.465 e. The van der Waals surface area contributed by atoms with Crippen LogP contribution in [-0.2, 0) is 9.53 Å². The number of likely N-dealkylation sites (tertiary alicyclic amines) is 1. The van der Waals surface area contributed by atoms with Gasteiger partial charge >= 0.3 is 5.97 Å². The molecule has 1 N–H and O–H groups in total. The minimum Gasteiger partial charge on any atom is -0.465 e. The van der Waals surface area contributed by atoms with E-state index in [0.717, 1.165) is 38.6 Å². The van der Waals surface area contributed by atoms with Crippen LogP contribution in [-0.4, -0.2) is 74.7 Å². The summed E-state index contributed by atoms with van der Waals surface area (Å²) < 4.78 is 5.24. The molecule has 0 aromatic carbocycles. The standard InChI is InChI=1S/C16H33N3O2/c1-6-17-16(3,15(20)21-7-2)13-19-10-8-14(9-11-19)12-18(4)5/h14,17H,6-13H2,1-5H3. The van der Waals surface area contributed by atoms with Gasteiger partial charge in [0.25, 0.3) is 0 Å². The van der Waals surface area contributed by atoms with E-state index in [2.05, 4.69) is 29.2 Å². The number of hydrogen-bond donors (Lipinski definition) is 1. The Morgan fingerprint density at radius 2 is 1.95 bits per heavy atom. The van der Waals surface area contributed by atoms with Crippen molar-refractivity contribution in [1.29, 1.82) is 0 Å². The number of piperidine rings is 1. The minimum absolute atomic E-state index is 0.137. The molecule has 0 spiro atoms. The molecule has 0 aromatic rings. The second kappa shape index (κ2) is 8.71. The zero-order valence-electron chi connectivity index (χ0n) is 14.4. The molecule has 0 bridgehead atoms. The molecule has 1 atom stereocenters. The Kier molecular flexibility index (Phi) is 7.63. The molecule has 0 amide bonds. The first-order valence-electron chi connectivity index (χ1n) is 8.20. The predicted octanol–water partition coefficient (Wildman–Crippen LogP) is 1.19. The number of esters is 1. The van der Waals surface area contributed by atoms with Crippen LogP contribution < -0.4 is 5.32 Å². The summed E-state index contributed by atoms with van der Waals surface area (Å²) in [5, 5.41) is 3.31. The van der Waals surface area contributed by atoms with Gasteiger partial charge in [0.1, 0.15) is 5.54 Å². The minimum atomic E-state index is -0.598. The smallest absolute Gasteiger partial charge is 0.327 e. The third kappa shape index (κ3) is 5.93. The van der Waals surface area contributed by atoms with Gasteiger partial charge in [-0.1, -0.05) is 6.92 Å². The summed E-state index contributed by atoms with van der Waals surface area (Å²) in [6.45, 7) is 11.1. The van der Waals surface area contributed by atoms with E-state index in [-0.39, 0.29) is 5.97 Å². The normalized spacial score (nSPS) is 20.5. The topological polar surface area (TPSA) is 44.8 Å². The average molecular weight is 299 g/mol. The first-order chi connectivity index (χ1) is 9.91. The number of nitrogens with one attached hydrogen (secondary N) is 1. The van der Waals surface area contributed by atoms with E-state index in [0.29, 0.717) is 6.61 Å². The summed E-state index contributed by atoms with van der Waals surface area (Å²) in [6, 6.07) is 0. The maximum Gasteiger partial charge on any atom is 0.327 e. The van der Waals surface area contributed by atoms with E-state index in [1.54, 1.807) is 0 Å². The molecule has 1 saturated heterocycles. The van der Waals surface area contributed by atoms with Crippen LogP contribution in [0.3, 0.4) is 0 Å². The number of carbonyl (C=O) groups excluding carboxylic acids is 1. The lowest BCUT2D eigenvalue weighted by Gasteiger charge is -2.38. The Balaban J connectivity index is 2.51. The van der Waals surface area contributed by atoms with E-state index in [9.17, 15) is 4.79 Å². The van der Waals surface area contributed by atoms with Crippen LogP contribution in [0.5, 0.6) is 0 Å². The van der Waals surface area contributed by atoms with Crippen LogP contribution in [0.1, 0.15) is 33.6 Å². The van der Waals surface area contributed by atoms with Gasteiger partial charge in [-0.15, -0.1) is 0 Å². The molecule has 5 heteroatoms. The lowest BCUT2D eigenvalue weighted by molar-refractivity contribution is -0.151. The summed E-state index contributed by atoms with van der Waals surface area (Å²) in [7, 11) is 4.27. The van der Waals surface area contributed by atoms with Gasteiger partial charge in [-0.25, -0.2) is 0 Å². The molecule has 0 aromatic heterocycles. The molecule has 0 saturated carbocycles. The zero-order valence-corrected chi connectivity index (χ0v) is 14.4. The maximum atomic E-state index is 12.2. The van der Waals surface area contributed by atoms with Gasteiger partial charge in [0.15, 0.2) is 0 Å². The van der Waals surface area contributed by atoms with Gasteiger partial charge in [-0.2, -0.15) is 0 Å². The number of ether oxygens (including phenoxy) is 1. The van der Waals surface area contributed by atoms with Crippen molar-refractivity contribution in [2.75, 3.05) is 53.4 Å². The molecule has 1 rings (SSSR count). The fraction of sp³-hybridized carbons (Fsp3) is 0.938. The quantitative estimate of drug-likeness (QED) is 0.682. The van der Waals surface area contributed by atoms with E-state index >= 15 is 0 Å². The van der Waals surface area contributed by atoms with Gasteiger partial charge in [0.05, 0.1) is 6.61 Å². The van der Waals surface area contributed by atoms with E-state index < -0.39 is 5.54 Å². The third-order valence-electron chi connectivity index (χ3n) is 4.16. The van der Waals surface area contributed by atoms with Crippen LogP contribution in [0, 0.1) is 5.92 Å². The number of nitrogens with zero attached hydrogens (tertiary/aromatic N) is 2. The van der Waals surface area contributed by atoms with Crippen molar-refractivity contribution in [2.45, 2.75) is 39.2 Å². The number of carbonyl (C=O) groups is 1. The fourth-order valence-electron chi connectivity index (χ4n) is 3.16. The van der Waals surface area contributed by atoms with Crippen molar-refractivity contribution < 1.29 is 9.53 Å². The highest BCUT2D eigenvalue weighted by molar-refractivity contribution is 5.80. The van der Waals surface area contributed by atoms with Crippen LogP contribution in [0.15, 0.2) is 0 Å². The lowest BCUT2D eigenvalue weighted by atomic mass is 9.94. The van der Waals surface area contributed by atoms with Gasteiger partial charge in [-0.3, -0.25) is 4.79 Å². The van der Waals surface area contributed by atoms with Gasteiger partial charge < -0.3 is 19.9 Å². The number of hydrogen-bond acceptors (Lipinski definition) is 5. The SMILES string of the molecule is CCNC(C)(CN1CCC(CN(C)C)CC1)C(=O)OCC. The van der Waals surface area contributed by atoms with Gasteiger partial charge in [0, 0.05) is 13.1 Å². The highest BCUT2D eigenvalue weighted by Crippen LogP contribution is 2.20. The van der Waals surface area contributed by atoms with Crippen LogP contribution >= 0.6 is 0 Å². The zero-order chi connectivity index (χ0) is 15.9. The van der Waals surface area contributed by atoms with Crippen LogP contribution in [0.25, 0.3) is 0 Å². The Bertz CT molecular complexity index is 315. The summed E-state index contributed by atoms with van der Waals surface area (Å²) in [6.07, 6.45) is 2.42. The van der Waals surface area contributed by atoms with Crippen LogP contribution in [0.2, 0.25) is 0 Å². The second-order valence-electron chi connectivity index (χ2n) is 6.56. The van der Waals surface area contributed by atoms with Crippen molar-refractivity contribution in [3.8, 4) is 0 Å². The summed E-state index contributed by atoms with van der Waals surface area (Å²) in [5.41, 5.74) is -0.598. The predicted molar refractivity (Wildman–Crippen MR) is 86.4 cm³/mol. The lowest BCUT2D eigenvalue weighted by Crippen LogP contribution is -2.58. The molecule has 1 unspecified atom stereocenters. The second-order valence-corrected chi connectivity index (χ2v) is 6.56. The number of likely N-dealkylation sites (N-methyl/N-ethyl adjacent to an activating group) is 1. The highest BCUT2D eigenvalue weighted by atomic mass is 16.5. The van der Waals surface area contributed by atoms with Crippen molar-refractivity contribution in [2.24, 2.45) is 5.92 Å². The number of rotatable bonds is 8. The first kappa shape index (κ1) is 18.4. The Morgan fingerprint density at radius 1 is 1.33 bits per heavy atom. The molecule has 124 valence electrons. The monoisotopic (exact) mass is 299 g/mol. The van der Waals surface area contributed by atoms with E-state index in [1.807, 2.05) is 20.8 Å². The Labute approximate surface area is 130 Å². The molecular weight excluding hydrogens is 266 g/mol. The van der Waals surface area contributed by atoms with Crippen molar-refractivity contribution >= 4 is 5.97 Å². The van der Waals surface area contributed by atoms with Gasteiger partial charge in [0.2, 0.25) is 0 Å². The molecule has 1 fully saturated rings. The Hall–Kier alpha value is -0.650. The highest BCUT2D eigenvalue weighted by Gasteiger charge is 2.36. The van der Waals surface area contributed by atoms with E-state index in [1.165, 1.54) is 12.8 Å².